The highest BCUT2D eigenvalue weighted by Crippen LogP contribution is 2.32. The zero-order valence-corrected chi connectivity index (χ0v) is 18.9. The van der Waals surface area contributed by atoms with E-state index in [0.29, 0.717) is 32.8 Å². The summed E-state index contributed by atoms with van der Waals surface area (Å²) in [6.07, 6.45) is 6.40. The minimum Gasteiger partial charge on any atom is -0.493 e. The molecule has 10 nitrogen and oxygen atoms in total. The summed E-state index contributed by atoms with van der Waals surface area (Å²) in [5, 5.41) is 7.63. The fourth-order valence-electron chi connectivity index (χ4n) is 3.93. The zero-order chi connectivity index (χ0) is 22.0. The predicted octanol–water partition coefficient (Wildman–Crippen LogP) is 1.29. The summed E-state index contributed by atoms with van der Waals surface area (Å²) in [7, 11) is -1.51. The lowest BCUT2D eigenvalue weighted by Crippen LogP contribution is -2.48. The third-order valence-electron chi connectivity index (χ3n) is 5.49. The average molecular weight is 449 g/mol. The number of piperazine rings is 1. The van der Waals surface area contributed by atoms with Gasteiger partial charge in [-0.1, -0.05) is 0 Å². The van der Waals surface area contributed by atoms with E-state index < -0.39 is 10.0 Å². The van der Waals surface area contributed by atoms with Crippen LogP contribution in [0.15, 0.2) is 18.2 Å². The van der Waals surface area contributed by atoms with Crippen LogP contribution in [0.5, 0.6) is 0 Å². The smallest absolute Gasteiger partial charge is 0.211 e. The second kappa shape index (κ2) is 8.93. The second-order valence-corrected chi connectivity index (χ2v) is 9.85. The Morgan fingerprint density at radius 2 is 1.97 bits per heavy atom. The number of nitrogens with one attached hydrogen (secondary N) is 1. The number of nitrogens with zero attached hydrogens (tertiary/aromatic N) is 5. The number of aromatic amines is 1. The second-order valence-electron chi connectivity index (χ2n) is 7.87. The van der Waals surface area contributed by atoms with E-state index in [9.17, 15) is 8.42 Å². The van der Waals surface area contributed by atoms with Crippen LogP contribution in [0.4, 0.5) is 5.82 Å². The van der Waals surface area contributed by atoms with E-state index in [-0.39, 0.29) is 6.10 Å². The summed E-state index contributed by atoms with van der Waals surface area (Å²) in [5.74, 6) is 1.67. The van der Waals surface area contributed by atoms with Crippen LogP contribution in [0.3, 0.4) is 0 Å². The fourth-order valence-corrected chi connectivity index (χ4v) is 4.75. The Bertz CT molecular complexity index is 1060. The molecule has 2 aromatic rings. The first-order valence-electron chi connectivity index (χ1n) is 10.3. The third kappa shape index (κ3) is 4.89. The molecular weight excluding hydrogens is 420 g/mol. The summed E-state index contributed by atoms with van der Waals surface area (Å²) < 4.78 is 36.2. The van der Waals surface area contributed by atoms with Gasteiger partial charge in [-0.15, -0.1) is 0 Å². The molecule has 31 heavy (non-hydrogen) atoms. The van der Waals surface area contributed by atoms with E-state index in [4.69, 9.17) is 9.47 Å². The lowest BCUT2D eigenvalue weighted by Gasteiger charge is -2.33. The van der Waals surface area contributed by atoms with Gasteiger partial charge < -0.3 is 14.4 Å². The van der Waals surface area contributed by atoms with Gasteiger partial charge in [-0.25, -0.2) is 18.4 Å². The standard InChI is InChI=1S/C20H28N6O4S/c1-14(12-29-2)30-15-4-5-17-16(10-15)20(24-23-17)18-11-19(22-13-21-18)25-6-8-26(9-7-25)31(3,27)28/h10-11,13-14H,4-9,12H2,1-3H3,(H,23,24)/t14-/m0/s1. The number of rotatable bonds is 7. The summed E-state index contributed by atoms with van der Waals surface area (Å²) in [5.41, 5.74) is 3.52. The molecule has 1 atom stereocenters. The quantitative estimate of drug-likeness (QED) is 0.674. The molecule has 168 valence electrons. The van der Waals surface area contributed by atoms with Gasteiger partial charge in [0.15, 0.2) is 0 Å². The van der Waals surface area contributed by atoms with Crippen LogP contribution < -0.4 is 4.90 Å². The fraction of sp³-hybridized carbons (Fsp3) is 0.550. The number of hydrogen-bond acceptors (Lipinski definition) is 8. The molecule has 0 unspecified atom stereocenters. The van der Waals surface area contributed by atoms with Crippen molar-refractivity contribution in [3.63, 3.8) is 0 Å². The number of anilines is 1. The number of allylic oxidation sites excluding steroid dienone is 1. The molecule has 0 spiro atoms. The average Bonchev–Trinajstić information content (AvgIpc) is 3.17. The molecule has 2 aliphatic rings. The summed E-state index contributed by atoms with van der Waals surface area (Å²) in [6, 6.07) is 1.91. The first-order chi connectivity index (χ1) is 14.8. The Labute approximate surface area is 182 Å². The first-order valence-corrected chi connectivity index (χ1v) is 12.2. The Balaban J connectivity index is 1.54. The monoisotopic (exact) mass is 448 g/mol. The van der Waals surface area contributed by atoms with Crippen LogP contribution in [0, 0.1) is 0 Å². The molecule has 1 fully saturated rings. The van der Waals surface area contributed by atoms with Gasteiger partial charge in [-0.2, -0.15) is 9.40 Å². The molecule has 1 saturated heterocycles. The zero-order valence-electron chi connectivity index (χ0n) is 18.0. The predicted molar refractivity (Wildman–Crippen MR) is 117 cm³/mol. The van der Waals surface area contributed by atoms with E-state index in [0.717, 1.165) is 47.1 Å². The molecule has 2 aromatic heterocycles. The normalized spacial score (nSPS) is 18.4. The highest BCUT2D eigenvalue weighted by Gasteiger charge is 2.25. The van der Waals surface area contributed by atoms with Crippen molar-refractivity contribution in [3.8, 4) is 11.4 Å². The number of methoxy groups -OCH3 is 1. The Morgan fingerprint density at radius 3 is 2.68 bits per heavy atom. The van der Waals surface area contributed by atoms with Gasteiger partial charge in [0.2, 0.25) is 10.0 Å². The van der Waals surface area contributed by atoms with Crippen LogP contribution in [0.2, 0.25) is 0 Å². The van der Waals surface area contributed by atoms with Gasteiger partial charge in [-0.05, 0) is 19.4 Å². The van der Waals surface area contributed by atoms with Crippen LogP contribution in [-0.2, 0) is 25.9 Å². The van der Waals surface area contributed by atoms with Crippen molar-refractivity contribution in [1.82, 2.24) is 24.5 Å². The number of aromatic nitrogens is 4. The molecule has 0 amide bonds. The number of hydrogen-bond donors (Lipinski definition) is 1. The van der Waals surface area contributed by atoms with Crippen molar-refractivity contribution in [2.45, 2.75) is 25.9 Å². The number of ether oxygens (including phenoxy) is 2. The number of sulfonamides is 1. The molecule has 1 aliphatic carbocycles. The summed E-state index contributed by atoms with van der Waals surface area (Å²) in [4.78, 5) is 10.9. The minimum absolute atomic E-state index is 0.0237. The molecule has 1 aliphatic heterocycles. The molecule has 1 N–H and O–H groups in total. The SMILES string of the molecule is COC[C@H](C)OC1=Cc2c(-c3cc(N4CCN(S(C)(=O)=O)CC4)ncn3)n[nH]c2CC1. The molecule has 3 heterocycles. The van der Waals surface area contributed by atoms with Crippen LogP contribution >= 0.6 is 0 Å². The van der Waals surface area contributed by atoms with Gasteiger partial charge in [0, 0.05) is 57.0 Å². The molecule has 0 aromatic carbocycles. The minimum atomic E-state index is -3.17. The van der Waals surface area contributed by atoms with Crippen molar-refractivity contribution >= 4 is 21.9 Å². The highest BCUT2D eigenvalue weighted by atomic mass is 32.2. The molecule has 11 heteroatoms. The van der Waals surface area contributed by atoms with Crippen LogP contribution in [0.25, 0.3) is 17.5 Å². The maximum absolute atomic E-state index is 11.8. The van der Waals surface area contributed by atoms with E-state index in [1.165, 1.54) is 16.9 Å². The van der Waals surface area contributed by atoms with Gasteiger partial charge in [0.25, 0.3) is 0 Å². The van der Waals surface area contributed by atoms with Gasteiger partial charge >= 0.3 is 0 Å². The van der Waals surface area contributed by atoms with Gasteiger partial charge in [0.1, 0.15) is 23.9 Å². The van der Waals surface area contributed by atoms with Crippen molar-refractivity contribution in [2.24, 2.45) is 0 Å². The Morgan fingerprint density at radius 1 is 1.19 bits per heavy atom. The van der Waals surface area contributed by atoms with E-state index >= 15 is 0 Å². The van der Waals surface area contributed by atoms with E-state index in [1.807, 2.05) is 19.1 Å². The van der Waals surface area contributed by atoms with Crippen molar-refractivity contribution < 1.29 is 17.9 Å². The molecule has 4 rings (SSSR count). The topological polar surface area (TPSA) is 114 Å². The Hall–Kier alpha value is -2.50. The van der Waals surface area contributed by atoms with E-state index in [1.54, 1.807) is 7.11 Å². The Kier molecular flexibility index (Phi) is 6.26. The lowest BCUT2D eigenvalue weighted by atomic mass is 10.00. The van der Waals surface area contributed by atoms with Crippen molar-refractivity contribution in [2.75, 3.05) is 51.1 Å². The van der Waals surface area contributed by atoms with Crippen LogP contribution in [-0.4, -0.2) is 85.1 Å². The molecule has 0 saturated carbocycles. The highest BCUT2D eigenvalue weighted by molar-refractivity contribution is 7.88. The third-order valence-corrected chi connectivity index (χ3v) is 6.79. The van der Waals surface area contributed by atoms with Crippen molar-refractivity contribution in [1.29, 1.82) is 0 Å². The maximum Gasteiger partial charge on any atom is 0.211 e. The maximum atomic E-state index is 11.8. The van der Waals surface area contributed by atoms with E-state index in [2.05, 4.69) is 25.1 Å². The number of aryl methyl sites for hydroxylation is 1. The first kappa shape index (κ1) is 21.7. The summed E-state index contributed by atoms with van der Waals surface area (Å²) >= 11 is 0. The number of fused-ring (bicyclic) bond motifs is 1. The van der Waals surface area contributed by atoms with Gasteiger partial charge in [-0.3, -0.25) is 5.10 Å². The molecular formula is C20H28N6O4S. The largest absolute Gasteiger partial charge is 0.493 e. The number of H-pyrrole nitrogens is 1. The molecule has 0 bridgehead atoms. The summed E-state index contributed by atoms with van der Waals surface area (Å²) in [6.45, 7) is 4.56. The van der Waals surface area contributed by atoms with Crippen molar-refractivity contribution in [3.05, 3.63) is 29.4 Å². The van der Waals surface area contributed by atoms with Gasteiger partial charge in [0.05, 0.1) is 24.3 Å². The molecule has 0 radical (unpaired) electrons. The van der Waals surface area contributed by atoms with Crippen LogP contribution in [0.1, 0.15) is 24.6 Å². The lowest BCUT2D eigenvalue weighted by molar-refractivity contribution is 0.0459.